The Bertz CT molecular complexity index is 773. The molecule has 1 heteroatoms. The molecule has 1 heterocycles. The van der Waals surface area contributed by atoms with Crippen molar-refractivity contribution in [2.45, 2.75) is 0 Å². The van der Waals surface area contributed by atoms with Crippen molar-refractivity contribution in [1.29, 1.82) is 0 Å². The third kappa shape index (κ3) is 1.37. The molecule has 18 heavy (non-hydrogen) atoms. The fourth-order valence-corrected chi connectivity index (χ4v) is 2.45. The van der Waals surface area contributed by atoms with E-state index in [0.717, 1.165) is 11.4 Å². The Labute approximate surface area is 105 Å². The average Bonchev–Trinajstić information content (AvgIpc) is 2.99. The molecule has 84 valence electrons. The molecule has 0 amide bonds. The van der Waals surface area contributed by atoms with Gasteiger partial charge in [-0.05, 0) is 29.0 Å². The SMILES string of the molecule is C1=CC2=CC(c3ccc4ccccc4c3)=NC2=C1. The van der Waals surface area contributed by atoms with Crippen molar-refractivity contribution in [2.24, 2.45) is 4.99 Å². The molecule has 0 spiro atoms. The lowest BCUT2D eigenvalue weighted by Crippen LogP contribution is -1.93. The maximum Gasteiger partial charge on any atom is 0.0716 e. The van der Waals surface area contributed by atoms with Crippen LogP contribution in [-0.4, -0.2) is 5.71 Å². The maximum absolute atomic E-state index is 4.65. The molecular formula is C17H11N. The Balaban J connectivity index is 1.85. The minimum absolute atomic E-state index is 1.06. The number of benzene rings is 2. The van der Waals surface area contributed by atoms with E-state index in [2.05, 4.69) is 65.7 Å². The smallest absolute Gasteiger partial charge is 0.0716 e. The quantitative estimate of drug-likeness (QED) is 0.700. The number of allylic oxidation sites excluding steroid dienone is 4. The molecule has 1 aliphatic carbocycles. The number of hydrogen-bond donors (Lipinski definition) is 0. The van der Waals surface area contributed by atoms with Crippen LogP contribution in [0.3, 0.4) is 0 Å². The van der Waals surface area contributed by atoms with Gasteiger partial charge in [0.05, 0.1) is 11.4 Å². The van der Waals surface area contributed by atoms with Gasteiger partial charge in [0.15, 0.2) is 0 Å². The molecule has 2 aromatic rings. The van der Waals surface area contributed by atoms with Gasteiger partial charge in [-0.25, -0.2) is 4.99 Å². The van der Waals surface area contributed by atoms with Crippen LogP contribution < -0.4 is 0 Å². The lowest BCUT2D eigenvalue weighted by molar-refractivity contribution is 1.42. The molecule has 0 unspecified atom stereocenters. The van der Waals surface area contributed by atoms with Crippen molar-refractivity contribution in [2.75, 3.05) is 0 Å². The molecule has 2 aromatic carbocycles. The molecular weight excluding hydrogens is 218 g/mol. The number of nitrogens with zero attached hydrogens (tertiary/aromatic N) is 1. The predicted molar refractivity (Wildman–Crippen MR) is 75.8 cm³/mol. The lowest BCUT2D eigenvalue weighted by Gasteiger charge is -2.01. The first-order valence-electron chi connectivity index (χ1n) is 6.08. The third-order valence-corrected chi connectivity index (χ3v) is 3.40. The monoisotopic (exact) mass is 229 g/mol. The Morgan fingerprint density at radius 2 is 1.78 bits per heavy atom. The minimum Gasteiger partial charge on any atom is -0.248 e. The fraction of sp³-hybridized carbons (Fsp3) is 0. The minimum atomic E-state index is 1.06. The summed E-state index contributed by atoms with van der Waals surface area (Å²) in [6.07, 6.45) is 8.36. The van der Waals surface area contributed by atoms with E-state index in [-0.39, 0.29) is 0 Å². The molecule has 0 atom stereocenters. The molecule has 1 nitrogen and oxygen atoms in total. The zero-order valence-electron chi connectivity index (χ0n) is 9.80. The summed E-state index contributed by atoms with van der Waals surface area (Å²) in [6, 6.07) is 14.9. The Morgan fingerprint density at radius 1 is 0.889 bits per heavy atom. The van der Waals surface area contributed by atoms with Gasteiger partial charge in [-0.2, -0.15) is 0 Å². The van der Waals surface area contributed by atoms with Gasteiger partial charge < -0.3 is 0 Å². The highest BCUT2D eigenvalue weighted by atomic mass is 14.8. The molecule has 0 bridgehead atoms. The van der Waals surface area contributed by atoms with E-state index >= 15 is 0 Å². The van der Waals surface area contributed by atoms with Crippen molar-refractivity contribution in [3.8, 4) is 0 Å². The van der Waals surface area contributed by atoms with Crippen LogP contribution in [0.25, 0.3) is 10.8 Å². The summed E-state index contributed by atoms with van der Waals surface area (Å²) < 4.78 is 0. The van der Waals surface area contributed by atoms with Crippen molar-refractivity contribution < 1.29 is 0 Å². The van der Waals surface area contributed by atoms with Gasteiger partial charge in [0, 0.05) is 11.1 Å². The highest BCUT2D eigenvalue weighted by Crippen LogP contribution is 2.28. The molecule has 0 aromatic heterocycles. The lowest BCUT2D eigenvalue weighted by atomic mass is 10.0. The highest BCUT2D eigenvalue weighted by Gasteiger charge is 2.15. The molecule has 0 saturated heterocycles. The summed E-state index contributed by atoms with van der Waals surface area (Å²) in [5.41, 5.74) is 4.55. The number of aliphatic imine (C=N–C) groups is 1. The topological polar surface area (TPSA) is 12.4 Å². The van der Waals surface area contributed by atoms with Crippen LogP contribution in [-0.2, 0) is 0 Å². The Morgan fingerprint density at radius 3 is 2.67 bits per heavy atom. The van der Waals surface area contributed by atoms with Crippen LogP contribution in [0.2, 0.25) is 0 Å². The number of hydrogen-bond acceptors (Lipinski definition) is 1. The van der Waals surface area contributed by atoms with Crippen LogP contribution >= 0.6 is 0 Å². The summed E-state index contributed by atoms with van der Waals surface area (Å²) in [7, 11) is 0. The second kappa shape index (κ2) is 3.54. The van der Waals surface area contributed by atoms with Crippen LogP contribution in [0.4, 0.5) is 0 Å². The number of fused-ring (bicyclic) bond motifs is 2. The number of rotatable bonds is 1. The molecule has 0 fully saturated rings. The van der Waals surface area contributed by atoms with E-state index in [0.29, 0.717) is 0 Å². The average molecular weight is 229 g/mol. The zero-order valence-corrected chi connectivity index (χ0v) is 9.80. The van der Waals surface area contributed by atoms with Gasteiger partial charge >= 0.3 is 0 Å². The van der Waals surface area contributed by atoms with Crippen LogP contribution in [0.1, 0.15) is 5.56 Å². The molecule has 2 aliphatic rings. The van der Waals surface area contributed by atoms with Crippen LogP contribution in [0.15, 0.2) is 83.0 Å². The highest BCUT2D eigenvalue weighted by molar-refractivity contribution is 6.14. The van der Waals surface area contributed by atoms with E-state index in [9.17, 15) is 0 Å². The first kappa shape index (κ1) is 9.60. The zero-order chi connectivity index (χ0) is 11.9. The van der Waals surface area contributed by atoms with Crippen LogP contribution in [0, 0.1) is 0 Å². The van der Waals surface area contributed by atoms with Crippen molar-refractivity contribution in [1.82, 2.24) is 0 Å². The summed E-state index contributed by atoms with van der Waals surface area (Å²) in [4.78, 5) is 4.65. The summed E-state index contributed by atoms with van der Waals surface area (Å²) >= 11 is 0. The Hall–Kier alpha value is -2.41. The molecule has 0 radical (unpaired) electrons. The van der Waals surface area contributed by atoms with E-state index in [1.165, 1.54) is 21.9 Å². The molecule has 4 rings (SSSR count). The summed E-state index contributed by atoms with van der Waals surface area (Å²) in [5.74, 6) is 0. The van der Waals surface area contributed by atoms with E-state index < -0.39 is 0 Å². The normalized spacial score (nSPS) is 16.6. The van der Waals surface area contributed by atoms with E-state index in [4.69, 9.17) is 0 Å². The molecule has 0 N–H and O–H groups in total. The maximum atomic E-state index is 4.65. The first-order valence-corrected chi connectivity index (χ1v) is 6.08. The fourth-order valence-electron chi connectivity index (χ4n) is 2.45. The van der Waals surface area contributed by atoms with E-state index in [1.54, 1.807) is 0 Å². The summed E-state index contributed by atoms with van der Waals surface area (Å²) in [5, 5.41) is 2.53. The van der Waals surface area contributed by atoms with Gasteiger partial charge in [0.1, 0.15) is 0 Å². The van der Waals surface area contributed by atoms with Gasteiger partial charge in [-0.15, -0.1) is 0 Å². The van der Waals surface area contributed by atoms with Gasteiger partial charge in [0.2, 0.25) is 0 Å². The Kier molecular flexibility index (Phi) is 1.89. The molecule has 0 saturated carbocycles. The van der Waals surface area contributed by atoms with Gasteiger partial charge in [-0.3, -0.25) is 0 Å². The van der Waals surface area contributed by atoms with Crippen molar-refractivity contribution in [3.63, 3.8) is 0 Å². The predicted octanol–water partition coefficient (Wildman–Crippen LogP) is 4.02. The molecule has 1 aliphatic heterocycles. The largest absolute Gasteiger partial charge is 0.248 e. The van der Waals surface area contributed by atoms with Crippen molar-refractivity contribution >= 4 is 16.5 Å². The summed E-state index contributed by atoms with van der Waals surface area (Å²) in [6.45, 7) is 0. The second-order valence-corrected chi connectivity index (χ2v) is 4.57. The van der Waals surface area contributed by atoms with E-state index in [1.807, 2.05) is 6.08 Å². The third-order valence-electron chi connectivity index (χ3n) is 3.40. The van der Waals surface area contributed by atoms with Gasteiger partial charge in [0.25, 0.3) is 0 Å². The van der Waals surface area contributed by atoms with Crippen LogP contribution in [0.5, 0.6) is 0 Å². The van der Waals surface area contributed by atoms with Gasteiger partial charge in [-0.1, -0.05) is 48.6 Å². The second-order valence-electron chi connectivity index (χ2n) is 4.57. The standard InChI is InChI=1S/C17H11N/c1-2-5-13-10-15(9-8-12(13)4-1)17-11-14-6-3-7-16(14)18-17/h1-11H. The van der Waals surface area contributed by atoms with Crippen molar-refractivity contribution in [3.05, 3.63) is 83.6 Å². The first-order chi connectivity index (χ1) is 8.90.